The van der Waals surface area contributed by atoms with Crippen LogP contribution in [0.1, 0.15) is 22.7 Å². The van der Waals surface area contributed by atoms with Gasteiger partial charge in [0.1, 0.15) is 28.8 Å². The van der Waals surface area contributed by atoms with E-state index in [9.17, 15) is 24.2 Å². The number of amides is 1. The number of phenolic OH excluding ortho intramolecular Hbond substituents is 1. The predicted octanol–water partition coefficient (Wildman–Crippen LogP) is 4.17. The van der Waals surface area contributed by atoms with Crippen LogP contribution < -0.4 is 9.47 Å². The molecule has 1 saturated heterocycles. The molecular formula is C26H22FNO6. The lowest BCUT2D eigenvalue weighted by molar-refractivity contribution is -0.140. The van der Waals surface area contributed by atoms with E-state index in [4.69, 9.17) is 9.47 Å². The summed E-state index contributed by atoms with van der Waals surface area (Å²) in [7, 11) is 2.87. The zero-order chi connectivity index (χ0) is 24.4. The van der Waals surface area contributed by atoms with Crippen molar-refractivity contribution in [2.24, 2.45) is 0 Å². The number of aliphatic hydroxyl groups is 1. The normalized spacial score (nSPS) is 17.1. The van der Waals surface area contributed by atoms with Gasteiger partial charge < -0.3 is 24.6 Å². The number of likely N-dealkylation sites (tertiary alicyclic amines) is 1. The summed E-state index contributed by atoms with van der Waals surface area (Å²) in [5.41, 5.74) is 1.02. The molecule has 1 unspecified atom stereocenters. The number of nitrogens with zero attached hydrogens (tertiary/aromatic N) is 1. The first-order valence-corrected chi connectivity index (χ1v) is 10.4. The fraction of sp³-hybridized carbons (Fsp3) is 0.154. The number of methoxy groups -OCH3 is 2. The molecule has 1 amide bonds. The zero-order valence-electron chi connectivity index (χ0n) is 18.5. The molecule has 0 aromatic heterocycles. The molecule has 1 heterocycles. The number of hydrogen-bond donors (Lipinski definition) is 2. The summed E-state index contributed by atoms with van der Waals surface area (Å²) in [4.78, 5) is 27.6. The van der Waals surface area contributed by atoms with Crippen molar-refractivity contribution in [3.05, 3.63) is 94.8 Å². The fourth-order valence-corrected chi connectivity index (χ4v) is 4.02. The van der Waals surface area contributed by atoms with Crippen LogP contribution in [0.4, 0.5) is 4.39 Å². The van der Waals surface area contributed by atoms with E-state index in [0.717, 1.165) is 0 Å². The van der Waals surface area contributed by atoms with Crippen LogP contribution in [0.3, 0.4) is 0 Å². The number of Topliss-reactive ketones (excluding diaryl/α,β-unsaturated/α-hetero) is 1. The third kappa shape index (κ3) is 4.17. The summed E-state index contributed by atoms with van der Waals surface area (Å²) in [5, 5.41) is 21.4. The van der Waals surface area contributed by atoms with E-state index in [-0.39, 0.29) is 29.2 Å². The highest BCUT2D eigenvalue weighted by atomic mass is 19.1. The summed E-state index contributed by atoms with van der Waals surface area (Å²) in [6, 6.07) is 15.4. The van der Waals surface area contributed by atoms with Gasteiger partial charge in [-0.1, -0.05) is 24.3 Å². The number of aliphatic hydroxyl groups excluding tert-OH is 1. The predicted molar refractivity (Wildman–Crippen MR) is 122 cm³/mol. The van der Waals surface area contributed by atoms with Crippen molar-refractivity contribution < 1.29 is 33.7 Å². The summed E-state index contributed by atoms with van der Waals surface area (Å²) in [5.74, 6) is -1.97. The number of ketones is 1. The van der Waals surface area contributed by atoms with E-state index in [0.29, 0.717) is 16.9 Å². The molecule has 1 aliphatic rings. The van der Waals surface area contributed by atoms with E-state index in [2.05, 4.69) is 0 Å². The molecule has 34 heavy (non-hydrogen) atoms. The third-order valence-electron chi connectivity index (χ3n) is 5.65. The Morgan fingerprint density at radius 3 is 2.38 bits per heavy atom. The second-order valence-electron chi connectivity index (χ2n) is 7.71. The maximum absolute atomic E-state index is 13.4. The summed E-state index contributed by atoms with van der Waals surface area (Å²) < 4.78 is 24.0. The minimum absolute atomic E-state index is 0.0167. The molecule has 4 rings (SSSR count). The number of halogens is 1. The van der Waals surface area contributed by atoms with E-state index in [1.165, 1.54) is 61.6 Å². The largest absolute Gasteiger partial charge is 0.508 e. The highest BCUT2D eigenvalue weighted by Crippen LogP contribution is 2.42. The molecule has 1 fully saturated rings. The molecule has 1 atom stereocenters. The van der Waals surface area contributed by atoms with Gasteiger partial charge in [0.05, 0.1) is 31.4 Å². The second-order valence-corrected chi connectivity index (χ2v) is 7.71. The number of benzene rings is 3. The number of phenols is 1. The van der Waals surface area contributed by atoms with Gasteiger partial charge in [0.25, 0.3) is 11.7 Å². The van der Waals surface area contributed by atoms with Gasteiger partial charge in [-0.05, 0) is 53.6 Å². The van der Waals surface area contributed by atoms with Gasteiger partial charge >= 0.3 is 0 Å². The van der Waals surface area contributed by atoms with E-state index >= 15 is 0 Å². The molecule has 7 nitrogen and oxygen atoms in total. The van der Waals surface area contributed by atoms with Crippen molar-refractivity contribution in [2.45, 2.75) is 12.6 Å². The Morgan fingerprint density at radius 2 is 1.74 bits per heavy atom. The Morgan fingerprint density at radius 1 is 1.00 bits per heavy atom. The molecule has 3 aromatic rings. The first-order chi connectivity index (χ1) is 16.3. The lowest BCUT2D eigenvalue weighted by Crippen LogP contribution is -2.29. The maximum atomic E-state index is 13.4. The van der Waals surface area contributed by atoms with Gasteiger partial charge in [-0.3, -0.25) is 9.59 Å². The van der Waals surface area contributed by atoms with Gasteiger partial charge in [-0.2, -0.15) is 0 Å². The van der Waals surface area contributed by atoms with Crippen molar-refractivity contribution in [1.29, 1.82) is 0 Å². The average molecular weight is 463 g/mol. The lowest BCUT2D eigenvalue weighted by atomic mass is 9.94. The van der Waals surface area contributed by atoms with Gasteiger partial charge in [0.2, 0.25) is 0 Å². The quantitative estimate of drug-likeness (QED) is 0.324. The molecular weight excluding hydrogens is 441 g/mol. The number of carbonyl (C=O) groups is 2. The van der Waals surface area contributed by atoms with Crippen molar-refractivity contribution in [3.63, 3.8) is 0 Å². The highest BCUT2D eigenvalue weighted by molar-refractivity contribution is 6.46. The Balaban J connectivity index is 1.91. The van der Waals surface area contributed by atoms with Crippen molar-refractivity contribution in [3.8, 4) is 17.2 Å². The van der Waals surface area contributed by atoms with Crippen molar-refractivity contribution >= 4 is 17.4 Å². The molecule has 2 N–H and O–H groups in total. The Kier molecular flexibility index (Phi) is 6.23. The molecule has 0 radical (unpaired) electrons. The molecule has 0 bridgehead atoms. The Hall–Kier alpha value is -4.33. The monoisotopic (exact) mass is 463 g/mol. The Bertz CT molecular complexity index is 1280. The summed E-state index contributed by atoms with van der Waals surface area (Å²) >= 11 is 0. The standard InChI is InChI=1S/C26H22FNO6/c1-33-19-10-11-21(34-2)20(13-19)24(30)22-23(16-4-3-5-18(29)12-16)28(26(32)25(22)31)14-15-6-8-17(27)9-7-15/h3-13,23,29-30H,14H2,1-2H3/b24-22+. The van der Waals surface area contributed by atoms with Gasteiger partial charge in [0.15, 0.2) is 0 Å². The summed E-state index contributed by atoms with van der Waals surface area (Å²) in [6.45, 7) is -0.0167. The van der Waals surface area contributed by atoms with E-state index in [1.54, 1.807) is 24.3 Å². The van der Waals surface area contributed by atoms with Crippen LogP contribution in [0.25, 0.3) is 5.76 Å². The van der Waals surface area contributed by atoms with Gasteiger partial charge in [0, 0.05) is 6.54 Å². The molecule has 0 spiro atoms. The molecule has 0 aliphatic carbocycles. The number of ether oxygens (including phenoxy) is 2. The van der Waals surface area contributed by atoms with Gasteiger partial charge in [-0.15, -0.1) is 0 Å². The van der Waals surface area contributed by atoms with Crippen LogP contribution in [0, 0.1) is 5.82 Å². The first-order valence-electron chi connectivity index (χ1n) is 10.4. The number of aromatic hydroxyl groups is 1. The smallest absolute Gasteiger partial charge is 0.295 e. The van der Waals surface area contributed by atoms with E-state index in [1.807, 2.05) is 0 Å². The number of rotatable bonds is 6. The SMILES string of the molecule is COc1ccc(OC)c(/C(O)=C2\C(=O)C(=O)N(Cc3ccc(F)cc3)C2c2cccc(O)c2)c1. The molecule has 0 saturated carbocycles. The van der Waals surface area contributed by atoms with Crippen molar-refractivity contribution in [2.75, 3.05) is 14.2 Å². The third-order valence-corrected chi connectivity index (χ3v) is 5.65. The lowest BCUT2D eigenvalue weighted by Gasteiger charge is -2.25. The van der Waals surface area contributed by atoms with Crippen molar-refractivity contribution in [1.82, 2.24) is 4.90 Å². The average Bonchev–Trinajstić information content (AvgIpc) is 3.09. The maximum Gasteiger partial charge on any atom is 0.295 e. The fourth-order valence-electron chi connectivity index (χ4n) is 4.02. The highest BCUT2D eigenvalue weighted by Gasteiger charge is 2.46. The molecule has 8 heteroatoms. The van der Waals surface area contributed by atoms with Crippen LogP contribution in [0.15, 0.2) is 72.3 Å². The topological polar surface area (TPSA) is 96.3 Å². The molecule has 174 valence electrons. The minimum atomic E-state index is -1.01. The molecule has 3 aromatic carbocycles. The summed E-state index contributed by atoms with van der Waals surface area (Å²) in [6.07, 6.45) is 0. The van der Waals surface area contributed by atoms with Gasteiger partial charge in [-0.25, -0.2) is 4.39 Å². The van der Waals surface area contributed by atoms with Crippen LogP contribution in [-0.2, 0) is 16.1 Å². The second kappa shape index (κ2) is 9.27. The Labute approximate surface area is 195 Å². The van der Waals surface area contributed by atoms with Crippen LogP contribution in [0.5, 0.6) is 17.2 Å². The van der Waals surface area contributed by atoms with Crippen LogP contribution in [0.2, 0.25) is 0 Å². The zero-order valence-corrected chi connectivity index (χ0v) is 18.5. The minimum Gasteiger partial charge on any atom is -0.508 e. The molecule has 1 aliphatic heterocycles. The first kappa shape index (κ1) is 22.8. The van der Waals surface area contributed by atoms with Crippen LogP contribution in [-0.4, -0.2) is 41.0 Å². The number of carbonyl (C=O) groups excluding carboxylic acids is 2. The number of hydrogen-bond acceptors (Lipinski definition) is 6. The van der Waals surface area contributed by atoms with E-state index < -0.39 is 29.3 Å². The van der Waals surface area contributed by atoms with Crippen LogP contribution >= 0.6 is 0 Å².